The number of aliphatic carboxylic acids is 1. The molecule has 4 N–H and O–H groups in total. The normalized spacial score (nSPS) is 26.4. The zero-order valence-corrected chi connectivity index (χ0v) is 16.5. The third kappa shape index (κ3) is 3.74. The fourth-order valence-electron chi connectivity index (χ4n) is 3.57. The number of aliphatic hydroxyl groups is 1. The summed E-state index contributed by atoms with van der Waals surface area (Å²) in [5, 5.41) is 19.0. The molecule has 27 heavy (non-hydrogen) atoms. The molecule has 9 nitrogen and oxygen atoms in total. The topological polar surface area (TPSA) is 141 Å². The van der Waals surface area contributed by atoms with Gasteiger partial charge in [0.2, 0.25) is 11.7 Å². The largest absolute Gasteiger partial charge is 0.477 e. The van der Waals surface area contributed by atoms with E-state index in [9.17, 15) is 29.4 Å². The first-order chi connectivity index (χ1) is 12.5. The van der Waals surface area contributed by atoms with Gasteiger partial charge in [-0.2, -0.15) is 0 Å². The van der Waals surface area contributed by atoms with Gasteiger partial charge in [-0.1, -0.05) is 6.92 Å². The summed E-state index contributed by atoms with van der Waals surface area (Å²) in [6.45, 7) is 3.36. The Morgan fingerprint density at radius 3 is 2.37 bits per heavy atom. The average molecular weight is 399 g/mol. The highest BCUT2D eigenvalue weighted by Crippen LogP contribution is 2.51. The molecular formula is C17H25N3O6S. The van der Waals surface area contributed by atoms with E-state index in [-0.39, 0.29) is 24.6 Å². The van der Waals surface area contributed by atoms with Gasteiger partial charge in [0, 0.05) is 43.1 Å². The number of hydrogen-bond donors (Lipinski definition) is 3. The number of carbonyl (C=O) groups is 4. The molecule has 0 aromatic heterocycles. The maximum Gasteiger partial charge on any atom is 0.353 e. The monoisotopic (exact) mass is 399 g/mol. The quantitative estimate of drug-likeness (QED) is 0.357. The third-order valence-electron chi connectivity index (χ3n) is 4.93. The smallest absolute Gasteiger partial charge is 0.353 e. The molecule has 5 atom stereocenters. The molecule has 1 fully saturated rings. The second-order valence-corrected chi connectivity index (χ2v) is 8.42. The van der Waals surface area contributed by atoms with Crippen LogP contribution in [0.15, 0.2) is 10.6 Å². The highest BCUT2D eigenvalue weighted by atomic mass is 32.2. The number of rotatable bonds is 8. The Kier molecular flexibility index (Phi) is 6.33. The summed E-state index contributed by atoms with van der Waals surface area (Å²) in [6.07, 6.45) is -1.01. The summed E-state index contributed by atoms with van der Waals surface area (Å²) in [5.74, 6) is -3.87. The maximum absolute atomic E-state index is 12.3. The number of fused-ring (bicyclic) bond motifs is 1. The second kappa shape index (κ2) is 7.99. The SMILES string of the molecule is C[C@@H](O)[C@H]1C(=O)N2C(C(=O)O)=C(S[C@H](CN)CC(=O)C(=O)N(C)C)[C@H](C)[C@H]12. The van der Waals surface area contributed by atoms with E-state index in [1.807, 2.05) is 0 Å². The van der Waals surface area contributed by atoms with E-state index in [2.05, 4.69) is 0 Å². The Bertz CT molecular complexity index is 705. The number of hydrogen-bond acceptors (Lipinski definition) is 7. The van der Waals surface area contributed by atoms with E-state index in [0.29, 0.717) is 4.91 Å². The second-order valence-electron chi connectivity index (χ2n) is 7.07. The van der Waals surface area contributed by atoms with E-state index in [0.717, 1.165) is 11.8 Å². The lowest BCUT2D eigenvalue weighted by Gasteiger charge is -2.46. The lowest BCUT2D eigenvalue weighted by atomic mass is 9.79. The number of Topliss-reactive ketones (excluding diaryl/α,β-unsaturated/α-hetero) is 1. The van der Waals surface area contributed by atoms with E-state index >= 15 is 0 Å². The van der Waals surface area contributed by atoms with Gasteiger partial charge in [0.25, 0.3) is 5.91 Å². The minimum atomic E-state index is -1.24. The number of ketones is 1. The van der Waals surface area contributed by atoms with Gasteiger partial charge in [-0.3, -0.25) is 14.4 Å². The minimum absolute atomic E-state index is 0.0681. The van der Waals surface area contributed by atoms with Crippen molar-refractivity contribution in [1.82, 2.24) is 9.80 Å². The highest BCUT2D eigenvalue weighted by molar-refractivity contribution is 8.03. The van der Waals surface area contributed by atoms with Crippen molar-refractivity contribution in [2.75, 3.05) is 20.6 Å². The van der Waals surface area contributed by atoms with Crippen LogP contribution in [-0.4, -0.2) is 81.6 Å². The number of nitrogens with zero attached hydrogens (tertiary/aromatic N) is 2. The zero-order valence-electron chi connectivity index (χ0n) is 15.7. The van der Waals surface area contributed by atoms with Crippen molar-refractivity contribution in [3.63, 3.8) is 0 Å². The number of β-lactam (4-membered cyclic amide) rings is 1. The van der Waals surface area contributed by atoms with Gasteiger partial charge < -0.3 is 25.7 Å². The van der Waals surface area contributed by atoms with Crippen LogP contribution in [0.5, 0.6) is 0 Å². The number of carbonyl (C=O) groups excluding carboxylic acids is 3. The van der Waals surface area contributed by atoms with Crippen LogP contribution in [0.4, 0.5) is 0 Å². The number of nitrogens with two attached hydrogens (primary N) is 1. The van der Waals surface area contributed by atoms with Gasteiger partial charge in [-0.25, -0.2) is 4.79 Å². The number of thioether (sulfide) groups is 1. The van der Waals surface area contributed by atoms with Crippen molar-refractivity contribution in [3.05, 3.63) is 10.6 Å². The van der Waals surface area contributed by atoms with Crippen LogP contribution >= 0.6 is 11.8 Å². The van der Waals surface area contributed by atoms with Crippen molar-refractivity contribution in [1.29, 1.82) is 0 Å². The lowest BCUT2D eigenvalue weighted by Crippen LogP contribution is -2.63. The summed E-state index contributed by atoms with van der Waals surface area (Å²) < 4.78 is 0. The molecule has 10 heteroatoms. The van der Waals surface area contributed by atoms with Crippen LogP contribution in [-0.2, 0) is 19.2 Å². The Morgan fingerprint density at radius 1 is 1.33 bits per heavy atom. The number of carboxylic acid groups (broad SMARTS) is 1. The lowest BCUT2D eigenvalue weighted by molar-refractivity contribution is -0.163. The Morgan fingerprint density at radius 2 is 1.93 bits per heavy atom. The first kappa shape index (κ1) is 21.4. The van der Waals surface area contributed by atoms with Gasteiger partial charge in [0.15, 0.2) is 0 Å². The van der Waals surface area contributed by atoms with Gasteiger partial charge >= 0.3 is 5.97 Å². The van der Waals surface area contributed by atoms with Crippen LogP contribution in [0.3, 0.4) is 0 Å². The molecule has 150 valence electrons. The fourth-order valence-corrected chi connectivity index (χ4v) is 4.92. The minimum Gasteiger partial charge on any atom is -0.477 e. The molecule has 2 rings (SSSR count). The van der Waals surface area contributed by atoms with Crippen molar-refractivity contribution in [3.8, 4) is 0 Å². The molecule has 0 radical (unpaired) electrons. The standard InChI is InChI=1S/C17H25N3O6S/c1-7-12-11(8(2)21)16(24)20(12)13(17(25)26)14(7)27-9(6-18)5-10(22)15(23)19(3)4/h7-9,11-12,21H,5-6,18H2,1-4H3,(H,25,26)/t7-,8-,9+,11-,12-/m1/s1. The van der Waals surface area contributed by atoms with Crippen LogP contribution in [0.25, 0.3) is 0 Å². The molecule has 2 amide bonds. The number of aliphatic hydroxyl groups excluding tert-OH is 1. The molecule has 2 aliphatic heterocycles. The summed E-state index contributed by atoms with van der Waals surface area (Å²) >= 11 is 1.12. The van der Waals surface area contributed by atoms with Gasteiger partial charge in [-0.05, 0) is 6.92 Å². The molecule has 0 saturated carbocycles. The molecule has 0 aromatic rings. The van der Waals surface area contributed by atoms with Crippen LogP contribution in [0.1, 0.15) is 20.3 Å². The van der Waals surface area contributed by atoms with Crippen molar-refractivity contribution in [2.24, 2.45) is 17.6 Å². The molecule has 0 aromatic carbocycles. The molecule has 0 bridgehead atoms. The highest BCUT2D eigenvalue weighted by Gasteiger charge is 2.60. The Labute approximate surface area is 161 Å². The van der Waals surface area contributed by atoms with Crippen LogP contribution in [0, 0.1) is 11.8 Å². The Hall–Kier alpha value is -1.91. The fraction of sp³-hybridized carbons (Fsp3) is 0.647. The molecule has 1 saturated heterocycles. The average Bonchev–Trinajstić information content (AvgIpc) is 2.82. The Balaban J connectivity index is 2.25. The van der Waals surface area contributed by atoms with Crippen molar-refractivity contribution in [2.45, 2.75) is 37.7 Å². The van der Waals surface area contributed by atoms with Crippen molar-refractivity contribution >= 4 is 35.3 Å². The molecular weight excluding hydrogens is 374 g/mol. The summed E-state index contributed by atoms with van der Waals surface area (Å²) in [5.41, 5.74) is 5.62. The zero-order chi connectivity index (χ0) is 20.6. The molecule has 0 aliphatic carbocycles. The first-order valence-electron chi connectivity index (χ1n) is 8.62. The summed E-state index contributed by atoms with van der Waals surface area (Å²) in [7, 11) is 2.95. The molecule has 2 aliphatic rings. The van der Waals surface area contributed by atoms with Crippen molar-refractivity contribution < 1.29 is 29.4 Å². The number of amides is 2. The number of likely N-dealkylation sites (N-methyl/N-ethyl adjacent to an activating group) is 1. The molecule has 2 heterocycles. The summed E-state index contributed by atoms with van der Waals surface area (Å²) in [4.78, 5) is 50.8. The first-order valence-corrected chi connectivity index (χ1v) is 9.50. The molecule has 0 unspecified atom stereocenters. The van der Waals surface area contributed by atoms with E-state index < -0.39 is 46.9 Å². The van der Waals surface area contributed by atoms with E-state index in [4.69, 9.17) is 5.73 Å². The number of carboxylic acids is 1. The van der Waals surface area contributed by atoms with Gasteiger partial charge in [0.05, 0.1) is 18.1 Å². The maximum atomic E-state index is 12.3. The molecule has 0 spiro atoms. The van der Waals surface area contributed by atoms with Gasteiger partial charge in [0.1, 0.15) is 5.70 Å². The van der Waals surface area contributed by atoms with Crippen LogP contribution in [0.2, 0.25) is 0 Å². The summed E-state index contributed by atoms with van der Waals surface area (Å²) in [6, 6.07) is -0.427. The predicted molar refractivity (Wildman–Crippen MR) is 98.4 cm³/mol. The predicted octanol–water partition coefficient (Wildman–Crippen LogP) is -0.752. The van der Waals surface area contributed by atoms with E-state index in [1.54, 1.807) is 6.92 Å². The van der Waals surface area contributed by atoms with Crippen LogP contribution < -0.4 is 5.73 Å². The van der Waals surface area contributed by atoms with Gasteiger partial charge in [-0.15, -0.1) is 11.8 Å². The van der Waals surface area contributed by atoms with E-state index in [1.165, 1.54) is 30.8 Å². The third-order valence-corrected chi connectivity index (χ3v) is 6.44.